The molecule has 114 valence electrons. The van der Waals surface area contributed by atoms with Gasteiger partial charge in [0.05, 0.1) is 12.6 Å². The van der Waals surface area contributed by atoms with Gasteiger partial charge in [-0.3, -0.25) is 9.59 Å². The molecule has 0 unspecified atom stereocenters. The molecule has 1 atom stereocenters. The van der Waals surface area contributed by atoms with Gasteiger partial charge in [0.2, 0.25) is 0 Å². The van der Waals surface area contributed by atoms with Crippen molar-refractivity contribution in [3.8, 4) is 0 Å². The van der Waals surface area contributed by atoms with Gasteiger partial charge in [-0.05, 0) is 19.4 Å². The monoisotopic (exact) mass is 293 g/mol. The average Bonchev–Trinajstić information content (AvgIpc) is 2.46. The second kappa shape index (κ2) is 8.73. The van der Waals surface area contributed by atoms with Crippen molar-refractivity contribution in [1.82, 2.24) is 5.32 Å². The topological polar surface area (TPSA) is 81.7 Å². The molecule has 0 aliphatic rings. The molecule has 6 nitrogen and oxygen atoms in total. The second-order valence-electron chi connectivity index (χ2n) is 4.38. The summed E-state index contributed by atoms with van der Waals surface area (Å²) in [4.78, 5) is 34.4. The van der Waals surface area contributed by atoms with Gasteiger partial charge >= 0.3 is 12.1 Å². The molecule has 1 amide bonds. The molecule has 0 aliphatic heterocycles. The molecule has 0 radical (unpaired) electrons. The van der Waals surface area contributed by atoms with Gasteiger partial charge in [-0.1, -0.05) is 30.3 Å². The van der Waals surface area contributed by atoms with Gasteiger partial charge in [-0.25, -0.2) is 4.79 Å². The third kappa shape index (κ3) is 6.56. The molecule has 1 N–H and O–H groups in total. The van der Waals surface area contributed by atoms with E-state index in [4.69, 9.17) is 4.74 Å². The summed E-state index contributed by atoms with van der Waals surface area (Å²) in [6.07, 6.45) is -1.07. The van der Waals surface area contributed by atoms with Crippen LogP contribution in [0, 0.1) is 0 Å². The van der Waals surface area contributed by atoms with E-state index in [0.717, 1.165) is 5.56 Å². The van der Waals surface area contributed by atoms with Gasteiger partial charge in [0.25, 0.3) is 0 Å². The molecule has 1 aromatic rings. The van der Waals surface area contributed by atoms with Crippen LogP contribution in [0.25, 0.3) is 0 Å². The van der Waals surface area contributed by atoms with Gasteiger partial charge in [-0.2, -0.15) is 0 Å². The molecule has 0 bridgehead atoms. The lowest BCUT2D eigenvalue weighted by atomic mass is 10.1. The van der Waals surface area contributed by atoms with Crippen LogP contribution < -0.4 is 5.32 Å². The summed E-state index contributed by atoms with van der Waals surface area (Å²) >= 11 is 0. The molecule has 0 aromatic heterocycles. The van der Waals surface area contributed by atoms with Crippen molar-refractivity contribution in [2.45, 2.75) is 32.9 Å². The molecule has 0 spiro atoms. The lowest BCUT2D eigenvalue weighted by Crippen LogP contribution is -2.39. The van der Waals surface area contributed by atoms with Gasteiger partial charge in [0, 0.05) is 0 Å². The Hall–Kier alpha value is -2.37. The van der Waals surface area contributed by atoms with E-state index in [0.29, 0.717) is 0 Å². The fourth-order valence-electron chi connectivity index (χ4n) is 1.53. The van der Waals surface area contributed by atoms with Crippen LogP contribution in [-0.2, 0) is 25.7 Å². The van der Waals surface area contributed by atoms with Gasteiger partial charge in [0.1, 0.15) is 13.0 Å². The van der Waals surface area contributed by atoms with Crippen molar-refractivity contribution in [3.63, 3.8) is 0 Å². The Balaban J connectivity index is 2.33. The number of carbonyl (C=O) groups excluding carboxylic acids is 3. The lowest BCUT2D eigenvalue weighted by molar-refractivity contribution is -0.145. The molecular weight excluding hydrogens is 274 g/mol. The summed E-state index contributed by atoms with van der Waals surface area (Å²) in [6.45, 7) is 3.48. The number of alkyl carbamates (subject to hydrolysis) is 1. The van der Waals surface area contributed by atoms with Crippen LogP contribution in [0.2, 0.25) is 0 Å². The number of amides is 1. The van der Waals surface area contributed by atoms with E-state index in [2.05, 4.69) is 10.1 Å². The highest BCUT2D eigenvalue weighted by Gasteiger charge is 2.19. The third-order valence-corrected chi connectivity index (χ3v) is 2.65. The van der Waals surface area contributed by atoms with Crippen LogP contribution in [0.15, 0.2) is 30.3 Å². The highest BCUT2D eigenvalue weighted by molar-refractivity contribution is 5.99. The maximum absolute atomic E-state index is 11.7. The first-order valence-corrected chi connectivity index (χ1v) is 6.68. The van der Waals surface area contributed by atoms with Crippen molar-refractivity contribution in [2.24, 2.45) is 0 Å². The molecule has 0 aliphatic carbocycles. The highest BCUT2D eigenvalue weighted by atomic mass is 16.5. The first kappa shape index (κ1) is 16.7. The Morgan fingerprint density at radius 2 is 1.81 bits per heavy atom. The number of Topliss-reactive ketones (excluding diaryl/α,β-unsaturated/α-hetero) is 1. The minimum Gasteiger partial charge on any atom is -0.466 e. The zero-order valence-electron chi connectivity index (χ0n) is 12.1. The van der Waals surface area contributed by atoms with E-state index in [-0.39, 0.29) is 19.6 Å². The number of ketones is 1. The minimum absolute atomic E-state index is 0.117. The lowest BCUT2D eigenvalue weighted by Gasteiger charge is -2.12. The normalized spacial score (nSPS) is 11.3. The van der Waals surface area contributed by atoms with E-state index in [1.54, 1.807) is 6.92 Å². The van der Waals surface area contributed by atoms with Crippen molar-refractivity contribution in [3.05, 3.63) is 35.9 Å². The Morgan fingerprint density at radius 1 is 1.14 bits per heavy atom. The van der Waals surface area contributed by atoms with Crippen molar-refractivity contribution < 1.29 is 23.9 Å². The molecule has 0 fully saturated rings. The zero-order valence-corrected chi connectivity index (χ0v) is 12.1. The van der Waals surface area contributed by atoms with E-state index in [1.165, 1.54) is 6.92 Å². The molecule has 0 heterocycles. The summed E-state index contributed by atoms with van der Waals surface area (Å²) in [5.74, 6) is -1.03. The van der Waals surface area contributed by atoms with Crippen LogP contribution in [0.5, 0.6) is 0 Å². The van der Waals surface area contributed by atoms with E-state index in [9.17, 15) is 14.4 Å². The Labute approximate surface area is 123 Å². The van der Waals surface area contributed by atoms with Crippen LogP contribution in [0.3, 0.4) is 0 Å². The third-order valence-electron chi connectivity index (χ3n) is 2.65. The number of rotatable bonds is 7. The number of benzene rings is 1. The zero-order chi connectivity index (χ0) is 15.7. The predicted molar refractivity (Wildman–Crippen MR) is 75.5 cm³/mol. The SMILES string of the molecule is CCOC(=O)CC(=O)[C@H](C)NC(=O)OCc1ccccc1. The van der Waals surface area contributed by atoms with E-state index < -0.39 is 23.9 Å². The number of hydrogen-bond donors (Lipinski definition) is 1. The van der Waals surface area contributed by atoms with Crippen molar-refractivity contribution >= 4 is 17.8 Å². The van der Waals surface area contributed by atoms with Crippen LogP contribution >= 0.6 is 0 Å². The van der Waals surface area contributed by atoms with Crippen LogP contribution in [-0.4, -0.2) is 30.5 Å². The Morgan fingerprint density at radius 3 is 2.43 bits per heavy atom. The maximum Gasteiger partial charge on any atom is 0.408 e. The molecular formula is C15H19NO5. The number of hydrogen-bond acceptors (Lipinski definition) is 5. The Kier molecular flexibility index (Phi) is 6.94. The number of ether oxygens (including phenoxy) is 2. The van der Waals surface area contributed by atoms with Gasteiger partial charge in [-0.15, -0.1) is 0 Å². The second-order valence-corrected chi connectivity index (χ2v) is 4.38. The van der Waals surface area contributed by atoms with Crippen LogP contribution in [0.4, 0.5) is 4.79 Å². The van der Waals surface area contributed by atoms with Crippen LogP contribution in [0.1, 0.15) is 25.8 Å². The summed E-state index contributed by atoms with van der Waals surface area (Å²) in [6, 6.07) is 8.37. The largest absolute Gasteiger partial charge is 0.466 e. The molecule has 6 heteroatoms. The summed E-state index contributed by atoms with van der Waals surface area (Å²) in [7, 11) is 0. The first-order valence-electron chi connectivity index (χ1n) is 6.68. The quantitative estimate of drug-likeness (QED) is 0.612. The minimum atomic E-state index is -0.808. The van der Waals surface area contributed by atoms with Gasteiger partial charge in [0.15, 0.2) is 5.78 Å². The number of esters is 1. The fraction of sp³-hybridized carbons (Fsp3) is 0.400. The summed E-state index contributed by atoms with van der Waals surface area (Å²) in [5, 5.41) is 2.38. The predicted octanol–water partition coefficient (Wildman–Crippen LogP) is 1.82. The smallest absolute Gasteiger partial charge is 0.408 e. The average molecular weight is 293 g/mol. The molecule has 21 heavy (non-hydrogen) atoms. The molecule has 1 aromatic carbocycles. The standard InChI is InChI=1S/C15H19NO5/c1-3-20-14(18)9-13(17)11(2)16-15(19)21-10-12-7-5-4-6-8-12/h4-8,11H,3,9-10H2,1-2H3,(H,16,19)/t11-/m0/s1. The first-order chi connectivity index (χ1) is 10.0. The highest BCUT2D eigenvalue weighted by Crippen LogP contribution is 2.01. The van der Waals surface area contributed by atoms with E-state index >= 15 is 0 Å². The molecule has 0 saturated heterocycles. The maximum atomic E-state index is 11.7. The van der Waals surface area contributed by atoms with Gasteiger partial charge < -0.3 is 14.8 Å². The fourth-order valence-corrected chi connectivity index (χ4v) is 1.53. The number of carbonyl (C=O) groups is 3. The molecule has 0 saturated carbocycles. The number of nitrogens with one attached hydrogen (secondary N) is 1. The van der Waals surface area contributed by atoms with E-state index in [1.807, 2.05) is 30.3 Å². The Bertz CT molecular complexity index is 486. The summed E-state index contributed by atoms with van der Waals surface area (Å²) in [5.41, 5.74) is 0.846. The van der Waals surface area contributed by atoms with Crippen molar-refractivity contribution in [2.75, 3.05) is 6.61 Å². The van der Waals surface area contributed by atoms with Crippen molar-refractivity contribution in [1.29, 1.82) is 0 Å². The molecule has 1 rings (SSSR count). The summed E-state index contributed by atoms with van der Waals surface area (Å²) < 4.78 is 9.65.